The van der Waals surface area contributed by atoms with Crippen LogP contribution in [0, 0.1) is 5.82 Å². The number of thioether (sulfide) groups is 1. The highest BCUT2D eigenvalue weighted by atomic mass is 32.2. The summed E-state index contributed by atoms with van der Waals surface area (Å²) in [5.41, 5.74) is 6.54. The second-order valence-electron chi connectivity index (χ2n) is 3.53. The molecule has 82 valence electrons. The third-order valence-electron chi connectivity index (χ3n) is 2.51. The van der Waals surface area contributed by atoms with E-state index in [2.05, 4.69) is 0 Å². The lowest BCUT2D eigenvalue weighted by Gasteiger charge is -2.27. The van der Waals surface area contributed by atoms with Gasteiger partial charge in [-0.3, -0.25) is 0 Å². The summed E-state index contributed by atoms with van der Waals surface area (Å²) in [6.45, 7) is 0.706. The Labute approximate surface area is 93.0 Å². The minimum Gasteiger partial charge on any atom is -0.375 e. The SMILES string of the molecule is NC(c1ccccc1F)C1CSCCO1. The van der Waals surface area contributed by atoms with Gasteiger partial charge in [-0.25, -0.2) is 4.39 Å². The number of hydrogen-bond acceptors (Lipinski definition) is 3. The summed E-state index contributed by atoms with van der Waals surface area (Å²) in [5.74, 6) is 1.60. The molecule has 1 aromatic rings. The minimum absolute atomic E-state index is 0.0688. The Bertz CT molecular complexity index is 328. The second-order valence-corrected chi connectivity index (χ2v) is 4.68. The minimum atomic E-state index is -0.362. The highest BCUT2D eigenvalue weighted by molar-refractivity contribution is 7.99. The average Bonchev–Trinajstić information content (AvgIpc) is 2.30. The number of halogens is 1. The Morgan fingerprint density at radius 1 is 1.47 bits per heavy atom. The van der Waals surface area contributed by atoms with E-state index in [9.17, 15) is 4.39 Å². The molecule has 0 spiro atoms. The Balaban J connectivity index is 2.12. The molecule has 1 aromatic carbocycles. The normalized spacial score (nSPS) is 23.7. The molecular formula is C11H14FNOS. The van der Waals surface area contributed by atoms with E-state index in [1.54, 1.807) is 30.0 Å². The summed E-state index contributed by atoms with van der Waals surface area (Å²) in [7, 11) is 0. The number of ether oxygens (including phenoxy) is 1. The molecule has 0 saturated carbocycles. The smallest absolute Gasteiger partial charge is 0.128 e. The van der Waals surface area contributed by atoms with Crippen molar-refractivity contribution in [2.45, 2.75) is 12.1 Å². The average molecular weight is 227 g/mol. The Morgan fingerprint density at radius 2 is 2.27 bits per heavy atom. The van der Waals surface area contributed by atoms with E-state index in [0.29, 0.717) is 12.2 Å². The molecule has 1 fully saturated rings. The molecule has 2 nitrogen and oxygen atoms in total. The molecule has 2 atom stereocenters. The molecule has 15 heavy (non-hydrogen) atoms. The molecule has 1 saturated heterocycles. The summed E-state index contributed by atoms with van der Waals surface area (Å²) >= 11 is 1.80. The van der Waals surface area contributed by atoms with Crippen LogP contribution < -0.4 is 5.73 Å². The van der Waals surface area contributed by atoms with Crippen LogP contribution in [-0.2, 0) is 4.74 Å². The van der Waals surface area contributed by atoms with Crippen molar-refractivity contribution in [3.63, 3.8) is 0 Å². The third-order valence-corrected chi connectivity index (χ3v) is 3.53. The van der Waals surface area contributed by atoms with Gasteiger partial charge < -0.3 is 10.5 Å². The van der Waals surface area contributed by atoms with Gasteiger partial charge >= 0.3 is 0 Å². The first-order chi connectivity index (χ1) is 7.29. The van der Waals surface area contributed by atoms with E-state index < -0.39 is 0 Å². The van der Waals surface area contributed by atoms with Crippen molar-refractivity contribution in [3.05, 3.63) is 35.6 Å². The molecule has 1 aliphatic heterocycles. The molecule has 0 bridgehead atoms. The van der Waals surface area contributed by atoms with Gasteiger partial charge in [0, 0.05) is 17.1 Å². The Hall–Kier alpha value is -0.580. The molecule has 0 radical (unpaired) electrons. The largest absolute Gasteiger partial charge is 0.375 e. The standard InChI is InChI=1S/C11H14FNOS/c12-9-4-2-1-3-8(9)11(13)10-7-15-6-5-14-10/h1-4,10-11H,5-7,13H2. The maximum atomic E-state index is 13.5. The molecule has 1 aliphatic rings. The zero-order chi connectivity index (χ0) is 10.7. The highest BCUT2D eigenvalue weighted by Gasteiger charge is 2.24. The van der Waals surface area contributed by atoms with Crippen molar-refractivity contribution in [1.29, 1.82) is 0 Å². The van der Waals surface area contributed by atoms with Gasteiger partial charge in [0.2, 0.25) is 0 Å². The first kappa shape index (κ1) is 10.9. The zero-order valence-corrected chi connectivity index (χ0v) is 9.17. The van der Waals surface area contributed by atoms with Crippen LogP contribution in [0.25, 0.3) is 0 Å². The summed E-state index contributed by atoms with van der Waals surface area (Å²) in [5, 5.41) is 0. The van der Waals surface area contributed by atoms with Crippen molar-refractivity contribution >= 4 is 11.8 Å². The quantitative estimate of drug-likeness (QED) is 0.838. The summed E-state index contributed by atoms with van der Waals surface area (Å²) in [6.07, 6.45) is -0.0688. The van der Waals surface area contributed by atoms with Crippen molar-refractivity contribution in [2.75, 3.05) is 18.1 Å². The van der Waals surface area contributed by atoms with E-state index in [-0.39, 0.29) is 18.0 Å². The number of hydrogen-bond donors (Lipinski definition) is 1. The predicted octanol–water partition coefficient (Wildman–Crippen LogP) is 1.96. The maximum Gasteiger partial charge on any atom is 0.128 e. The first-order valence-electron chi connectivity index (χ1n) is 4.98. The van der Waals surface area contributed by atoms with E-state index >= 15 is 0 Å². The number of rotatable bonds is 2. The molecular weight excluding hydrogens is 213 g/mol. The van der Waals surface area contributed by atoms with Gasteiger partial charge in [-0.1, -0.05) is 18.2 Å². The fraction of sp³-hybridized carbons (Fsp3) is 0.455. The molecule has 2 rings (SSSR count). The van der Waals surface area contributed by atoms with Crippen LogP contribution in [0.5, 0.6) is 0 Å². The third kappa shape index (κ3) is 2.51. The topological polar surface area (TPSA) is 35.2 Å². The fourth-order valence-corrected chi connectivity index (χ4v) is 2.58. The van der Waals surface area contributed by atoms with Crippen molar-refractivity contribution in [2.24, 2.45) is 5.73 Å². The van der Waals surface area contributed by atoms with Gasteiger partial charge in [-0.05, 0) is 6.07 Å². The van der Waals surface area contributed by atoms with E-state index in [4.69, 9.17) is 10.5 Å². The van der Waals surface area contributed by atoms with Crippen LogP contribution in [0.3, 0.4) is 0 Å². The van der Waals surface area contributed by atoms with Crippen LogP contribution in [0.15, 0.2) is 24.3 Å². The van der Waals surface area contributed by atoms with Crippen molar-refractivity contribution < 1.29 is 9.13 Å². The summed E-state index contributed by atoms with van der Waals surface area (Å²) in [4.78, 5) is 0. The van der Waals surface area contributed by atoms with Crippen molar-refractivity contribution in [3.8, 4) is 0 Å². The number of benzene rings is 1. The van der Waals surface area contributed by atoms with Crippen LogP contribution in [0.4, 0.5) is 4.39 Å². The van der Waals surface area contributed by atoms with Crippen LogP contribution in [0.1, 0.15) is 11.6 Å². The van der Waals surface area contributed by atoms with E-state index in [0.717, 1.165) is 11.5 Å². The molecule has 2 N–H and O–H groups in total. The van der Waals surface area contributed by atoms with Crippen LogP contribution in [0.2, 0.25) is 0 Å². The summed E-state index contributed by atoms with van der Waals surface area (Å²) in [6, 6.07) is 6.27. The van der Waals surface area contributed by atoms with Crippen molar-refractivity contribution in [1.82, 2.24) is 0 Å². The van der Waals surface area contributed by atoms with Gasteiger partial charge in [0.05, 0.1) is 18.8 Å². The first-order valence-corrected chi connectivity index (χ1v) is 6.14. The molecule has 0 aliphatic carbocycles. The van der Waals surface area contributed by atoms with Crippen LogP contribution in [-0.4, -0.2) is 24.2 Å². The predicted molar refractivity (Wildman–Crippen MR) is 60.4 cm³/mol. The lowest BCUT2D eigenvalue weighted by Crippen LogP contribution is -2.35. The van der Waals surface area contributed by atoms with Crippen LogP contribution >= 0.6 is 11.8 Å². The Kier molecular flexibility index (Phi) is 3.61. The molecule has 0 amide bonds. The van der Waals surface area contributed by atoms with E-state index in [1.807, 2.05) is 0 Å². The maximum absolute atomic E-state index is 13.5. The lowest BCUT2D eigenvalue weighted by atomic mass is 10.0. The van der Waals surface area contributed by atoms with Gasteiger partial charge in [0.25, 0.3) is 0 Å². The van der Waals surface area contributed by atoms with Gasteiger partial charge in [-0.2, -0.15) is 11.8 Å². The monoisotopic (exact) mass is 227 g/mol. The summed E-state index contributed by atoms with van der Waals surface area (Å²) < 4.78 is 19.0. The van der Waals surface area contributed by atoms with E-state index in [1.165, 1.54) is 6.07 Å². The molecule has 4 heteroatoms. The highest BCUT2D eigenvalue weighted by Crippen LogP contribution is 2.25. The zero-order valence-electron chi connectivity index (χ0n) is 8.36. The fourth-order valence-electron chi connectivity index (χ4n) is 1.66. The number of nitrogens with two attached hydrogens (primary N) is 1. The Morgan fingerprint density at radius 3 is 2.93 bits per heavy atom. The van der Waals surface area contributed by atoms with Gasteiger partial charge in [-0.15, -0.1) is 0 Å². The second kappa shape index (κ2) is 4.96. The molecule has 1 heterocycles. The lowest BCUT2D eigenvalue weighted by molar-refractivity contribution is 0.0561. The molecule has 2 unspecified atom stereocenters. The van der Waals surface area contributed by atoms with Gasteiger partial charge in [0.1, 0.15) is 5.82 Å². The van der Waals surface area contributed by atoms with Gasteiger partial charge in [0.15, 0.2) is 0 Å². The molecule has 0 aromatic heterocycles.